The first-order chi connectivity index (χ1) is 11.4. The van der Waals surface area contributed by atoms with Gasteiger partial charge in [0.1, 0.15) is 0 Å². The number of anilines is 1. The van der Waals surface area contributed by atoms with E-state index in [-0.39, 0.29) is 24.9 Å². The summed E-state index contributed by atoms with van der Waals surface area (Å²) < 4.78 is 0. The van der Waals surface area contributed by atoms with Crippen LogP contribution in [0.25, 0.3) is 0 Å². The molecule has 0 aliphatic rings. The van der Waals surface area contributed by atoms with Gasteiger partial charge in [0.25, 0.3) is 5.91 Å². The van der Waals surface area contributed by atoms with Gasteiger partial charge in [-0.25, -0.2) is 4.79 Å². The molecule has 1 aromatic rings. The molecule has 132 valence electrons. The van der Waals surface area contributed by atoms with Gasteiger partial charge in [0, 0.05) is 19.1 Å². The molecular weight excluding hydrogens is 310 g/mol. The molecule has 3 amide bonds. The first kappa shape index (κ1) is 19.5. The number of aliphatic carboxylic acids is 1. The number of carbonyl (C=O) groups is 3. The van der Waals surface area contributed by atoms with Gasteiger partial charge in [-0.05, 0) is 32.4 Å². The molecule has 0 radical (unpaired) electrons. The summed E-state index contributed by atoms with van der Waals surface area (Å²) in [4.78, 5) is 36.8. The molecule has 0 saturated heterocycles. The molecule has 0 aromatic heterocycles. The molecule has 0 fully saturated rings. The summed E-state index contributed by atoms with van der Waals surface area (Å²) in [7, 11) is 0. The molecule has 0 bridgehead atoms. The lowest BCUT2D eigenvalue weighted by atomic mass is 10.1. The quantitative estimate of drug-likeness (QED) is 0.680. The van der Waals surface area contributed by atoms with Gasteiger partial charge in [0.2, 0.25) is 0 Å². The van der Waals surface area contributed by atoms with Crippen LogP contribution in [0.5, 0.6) is 0 Å². The Balaban J connectivity index is 2.85. The molecular formula is C17H25N3O4. The number of para-hydroxylation sites is 1. The van der Waals surface area contributed by atoms with Crippen molar-refractivity contribution in [3.8, 4) is 0 Å². The van der Waals surface area contributed by atoms with E-state index in [2.05, 4.69) is 10.6 Å². The highest BCUT2D eigenvalue weighted by atomic mass is 16.4. The van der Waals surface area contributed by atoms with Gasteiger partial charge >= 0.3 is 12.0 Å². The van der Waals surface area contributed by atoms with E-state index in [1.54, 1.807) is 29.2 Å². The fourth-order valence-corrected chi connectivity index (χ4v) is 2.22. The predicted octanol–water partition coefficient (Wildman–Crippen LogP) is 2.54. The van der Waals surface area contributed by atoms with Gasteiger partial charge in [-0.1, -0.05) is 19.1 Å². The molecule has 0 spiro atoms. The van der Waals surface area contributed by atoms with Crippen LogP contribution in [0, 0.1) is 0 Å². The van der Waals surface area contributed by atoms with Gasteiger partial charge in [-0.2, -0.15) is 0 Å². The number of hydrogen-bond acceptors (Lipinski definition) is 3. The summed E-state index contributed by atoms with van der Waals surface area (Å²) in [5, 5.41) is 13.6. The number of benzene rings is 1. The third-order valence-corrected chi connectivity index (χ3v) is 3.38. The highest BCUT2D eigenvalue weighted by Gasteiger charge is 2.21. The van der Waals surface area contributed by atoms with Crippen molar-refractivity contribution < 1.29 is 19.5 Å². The molecule has 0 unspecified atom stereocenters. The average molecular weight is 335 g/mol. The highest BCUT2D eigenvalue weighted by Crippen LogP contribution is 2.18. The van der Waals surface area contributed by atoms with Gasteiger partial charge in [-0.15, -0.1) is 0 Å². The number of carboxylic acids is 1. The van der Waals surface area contributed by atoms with E-state index in [0.717, 1.165) is 6.42 Å². The monoisotopic (exact) mass is 335 g/mol. The van der Waals surface area contributed by atoms with Crippen molar-refractivity contribution in [2.75, 3.05) is 18.4 Å². The predicted molar refractivity (Wildman–Crippen MR) is 92.2 cm³/mol. The fraction of sp³-hybridized carbons (Fsp3) is 0.471. The van der Waals surface area contributed by atoms with E-state index in [0.29, 0.717) is 17.8 Å². The molecule has 1 aromatic carbocycles. The molecule has 0 heterocycles. The second kappa shape index (κ2) is 9.54. The zero-order valence-corrected chi connectivity index (χ0v) is 14.3. The van der Waals surface area contributed by atoms with Gasteiger partial charge in [0.05, 0.1) is 17.7 Å². The van der Waals surface area contributed by atoms with Crippen LogP contribution in [0.4, 0.5) is 10.5 Å². The van der Waals surface area contributed by atoms with Crippen LogP contribution < -0.4 is 10.6 Å². The number of nitrogens with zero attached hydrogens (tertiary/aromatic N) is 1. The minimum Gasteiger partial charge on any atom is -0.481 e. The van der Waals surface area contributed by atoms with Crippen LogP contribution in [0.15, 0.2) is 24.3 Å². The Morgan fingerprint density at radius 1 is 1.21 bits per heavy atom. The molecule has 3 N–H and O–H groups in total. The van der Waals surface area contributed by atoms with Crippen LogP contribution in [0.1, 0.15) is 44.0 Å². The molecule has 7 nitrogen and oxygen atoms in total. The van der Waals surface area contributed by atoms with E-state index in [1.165, 1.54) is 0 Å². The zero-order chi connectivity index (χ0) is 18.1. The fourth-order valence-electron chi connectivity index (χ4n) is 2.22. The molecule has 0 aliphatic carbocycles. The number of carbonyl (C=O) groups excluding carboxylic acids is 2. The number of rotatable bonds is 8. The van der Waals surface area contributed by atoms with Crippen molar-refractivity contribution in [3.63, 3.8) is 0 Å². The molecule has 0 saturated carbocycles. The number of carboxylic acid groups (broad SMARTS) is 1. The lowest BCUT2D eigenvalue weighted by Gasteiger charge is -2.27. The summed E-state index contributed by atoms with van der Waals surface area (Å²) >= 11 is 0. The Labute approximate surface area is 142 Å². The van der Waals surface area contributed by atoms with Crippen LogP contribution in [0.2, 0.25) is 0 Å². The molecule has 7 heteroatoms. The van der Waals surface area contributed by atoms with E-state index in [4.69, 9.17) is 5.11 Å². The first-order valence-electron chi connectivity index (χ1n) is 8.03. The van der Waals surface area contributed by atoms with Gasteiger partial charge < -0.3 is 20.6 Å². The number of urea groups is 1. The lowest BCUT2D eigenvalue weighted by Crippen LogP contribution is -2.38. The Kier molecular flexibility index (Phi) is 7.74. The second-order valence-corrected chi connectivity index (χ2v) is 5.66. The maximum Gasteiger partial charge on any atom is 0.319 e. The third kappa shape index (κ3) is 5.91. The summed E-state index contributed by atoms with van der Waals surface area (Å²) in [6.07, 6.45) is 0.681. The average Bonchev–Trinajstić information content (AvgIpc) is 2.51. The summed E-state index contributed by atoms with van der Waals surface area (Å²) in [6, 6.07) is 6.29. The van der Waals surface area contributed by atoms with Crippen LogP contribution in [0.3, 0.4) is 0 Å². The summed E-state index contributed by atoms with van der Waals surface area (Å²) in [5.41, 5.74) is 0.810. The van der Waals surface area contributed by atoms with E-state index < -0.39 is 12.0 Å². The second-order valence-electron chi connectivity index (χ2n) is 5.66. The minimum atomic E-state index is -0.988. The smallest absolute Gasteiger partial charge is 0.319 e. The van der Waals surface area contributed by atoms with E-state index >= 15 is 0 Å². The van der Waals surface area contributed by atoms with Gasteiger partial charge in [0.15, 0.2) is 0 Å². The highest BCUT2D eigenvalue weighted by molar-refractivity contribution is 6.03. The van der Waals surface area contributed by atoms with Crippen LogP contribution in [-0.4, -0.2) is 47.0 Å². The number of nitrogens with one attached hydrogen (secondary N) is 2. The maximum absolute atomic E-state index is 12.8. The molecule has 1 rings (SSSR count). The van der Waals surface area contributed by atoms with Crippen molar-refractivity contribution in [2.24, 2.45) is 0 Å². The zero-order valence-electron chi connectivity index (χ0n) is 14.3. The van der Waals surface area contributed by atoms with Crippen molar-refractivity contribution >= 4 is 23.6 Å². The molecule has 0 aliphatic heterocycles. The first-order valence-corrected chi connectivity index (χ1v) is 8.03. The van der Waals surface area contributed by atoms with Crippen molar-refractivity contribution in [3.05, 3.63) is 29.8 Å². The van der Waals surface area contributed by atoms with Crippen molar-refractivity contribution in [1.29, 1.82) is 0 Å². The summed E-state index contributed by atoms with van der Waals surface area (Å²) in [5.74, 6) is -1.13. The van der Waals surface area contributed by atoms with Crippen LogP contribution >= 0.6 is 0 Å². The lowest BCUT2D eigenvalue weighted by molar-refractivity contribution is -0.136. The normalized spacial score (nSPS) is 10.3. The van der Waals surface area contributed by atoms with Crippen molar-refractivity contribution in [2.45, 2.75) is 39.7 Å². The largest absolute Gasteiger partial charge is 0.481 e. The Bertz CT molecular complexity index is 587. The Morgan fingerprint density at radius 3 is 2.46 bits per heavy atom. The van der Waals surface area contributed by atoms with E-state index in [1.807, 2.05) is 20.8 Å². The van der Waals surface area contributed by atoms with E-state index in [9.17, 15) is 14.4 Å². The van der Waals surface area contributed by atoms with Gasteiger partial charge in [-0.3, -0.25) is 9.59 Å². The Hall–Kier alpha value is -2.57. The molecule has 24 heavy (non-hydrogen) atoms. The number of amides is 3. The number of hydrogen-bond donors (Lipinski definition) is 3. The summed E-state index contributed by atoms with van der Waals surface area (Å²) in [6.45, 7) is 6.55. The Morgan fingerprint density at radius 2 is 1.88 bits per heavy atom. The SMILES string of the molecule is CCCN(C(=O)c1ccccc1NC(=O)NCCC(=O)O)C(C)C. The van der Waals surface area contributed by atoms with Crippen LogP contribution in [-0.2, 0) is 4.79 Å². The standard InChI is InChI=1S/C17H25N3O4/c1-4-11-20(12(2)3)16(23)13-7-5-6-8-14(13)19-17(24)18-10-9-15(21)22/h5-8,12H,4,9-11H2,1-3H3,(H,21,22)(H2,18,19,24). The maximum atomic E-state index is 12.8. The minimum absolute atomic E-state index is 0.0191. The topological polar surface area (TPSA) is 98.7 Å². The van der Waals surface area contributed by atoms with Crippen molar-refractivity contribution in [1.82, 2.24) is 10.2 Å². The molecule has 0 atom stereocenters. The third-order valence-electron chi connectivity index (χ3n) is 3.38.